The number of aromatic nitrogens is 1. The van der Waals surface area contributed by atoms with Gasteiger partial charge in [0.15, 0.2) is 5.69 Å². The third-order valence-corrected chi connectivity index (χ3v) is 8.07. The van der Waals surface area contributed by atoms with E-state index >= 15 is 0 Å². The van der Waals surface area contributed by atoms with E-state index in [9.17, 15) is 24.8 Å². The molecule has 0 saturated heterocycles. The lowest BCUT2D eigenvalue weighted by molar-refractivity contribution is -0.384. The first-order valence-electron chi connectivity index (χ1n) is 16.4. The first-order valence-corrected chi connectivity index (χ1v) is 16.4. The maximum absolute atomic E-state index is 13.0. The highest BCUT2D eigenvalue weighted by atomic mass is 16.6. The highest BCUT2D eigenvalue weighted by Gasteiger charge is 2.30. The molecule has 0 unspecified atom stereocenters. The Labute approximate surface area is 257 Å². The van der Waals surface area contributed by atoms with E-state index in [4.69, 9.17) is 4.52 Å². The van der Waals surface area contributed by atoms with Crippen molar-refractivity contribution in [2.24, 2.45) is 0 Å². The van der Waals surface area contributed by atoms with Gasteiger partial charge in [0.2, 0.25) is 0 Å². The largest absolute Gasteiger partial charge is 0.391 e. The average molecular weight is 602 g/mol. The summed E-state index contributed by atoms with van der Waals surface area (Å²) in [6.45, 7) is 7.74. The maximum Gasteiger partial charge on any atom is 0.297 e. The number of carbonyl (C=O) groups is 1. The van der Waals surface area contributed by atoms with Crippen LogP contribution in [0.25, 0.3) is 5.69 Å². The van der Waals surface area contributed by atoms with Crippen molar-refractivity contribution < 1.29 is 19.3 Å². The van der Waals surface area contributed by atoms with E-state index in [2.05, 4.69) is 6.92 Å². The number of unbranched alkanes of at least 4 members (excludes halogenated alkanes) is 15. The fourth-order valence-corrected chi connectivity index (χ4v) is 5.49. The quantitative estimate of drug-likeness (QED) is 0.0871. The summed E-state index contributed by atoms with van der Waals surface area (Å²) in [4.78, 5) is 38.8. The Hall–Kier alpha value is -2.94. The smallest absolute Gasteiger partial charge is 0.297 e. The van der Waals surface area contributed by atoms with E-state index in [-0.39, 0.29) is 28.5 Å². The molecule has 0 spiro atoms. The third-order valence-electron chi connectivity index (χ3n) is 8.07. The zero-order chi connectivity index (χ0) is 31.8. The molecule has 0 saturated carbocycles. The van der Waals surface area contributed by atoms with Crippen LogP contribution in [-0.2, 0) is 12.0 Å². The molecule has 0 aliphatic heterocycles. The number of aliphatic hydroxyl groups is 1. The van der Waals surface area contributed by atoms with Gasteiger partial charge in [0, 0.05) is 30.6 Å². The van der Waals surface area contributed by atoms with Gasteiger partial charge in [0.05, 0.1) is 17.1 Å². The van der Waals surface area contributed by atoms with Crippen LogP contribution in [0.4, 0.5) is 5.69 Å². The first kappa shape index (κ1) is 36.3. The second kappa shape index (κ2) is 18.7. The van der Waals surface area contributed by atoms with Gasteiger partial charge < -0.3 is 14.5 Å². The molecule has 0 radical (unpaired) electrons. The molecule has 2 rings (SSSR count). The standard InChI is InChI=1S/C34H55N3O6/c1-6-7-8-9-10-11-12-13-14-15-16-17-18-19-20-21-24-35(5)32(39)27-22-23-29(30(25-27)37(41)42)36-33(40)28(26-38)31(43-36)34(2,3)4/h22-23,25,38H,6-21,24,26H2,1-5H3. The molecular formula is C34H55N3O6. The number of rotatable bonds is 21. The number of hydrogen-bond acceptors (Lipinski definition) is 6. The van der Waals surface area contributed by atoms with Crippen molar-refractivity contribution in [1.29, 1.82) is 0 Å². The molecule has 242 valence electrons. The summed E-state index contributed by atoms with van der Waals surface area (Å²) in [5.41, 5.74) is -1.52. The molecule has 1 heterocycles. The number of carbonyl (C=O) groups excluding carboxylic acids is 1. The molecule has 1 amide bonds. The van der Waals surface area contributed by atoms with Gasteiger partial charge in [-0.2, -0.15) is 0 Å². The van der Waals surface area contributed by atoms with Gasteiger partial charge in [0.1, 0.15) is 5.76 Å². The number of nitro benzene ring substituents is 1. The molecule has 1 N–H and O–H groups in total. The van der Waals surface area contributed by atoms with Crippen molar-refractivity contribution in [3.05, 3.63) is 55.6 Å². The fraction of sp³-hybridized carbons (Fsp3) is 0.706. The molecule has 0 bridgehead atoms. The van der Waals surface area contributed by atoms with Crippen LogP contribution < -0.4 is 5.56 Å². The van der Waals surface area contributed by atoms with E-state index in [1.54, 1.807) is 11.9 Å². The number of aliphatic hydroxyl groups excluding tert-OH is 1. The lowest BCUT2D eigenvalue weighted by Gasteiger charge is -2.17. The van der Waals surface area contributed by atoms with Crippen LogP contribution in [0.1, 0.15) is 152 Å². The number of benzene rings is 1. The summed E-state index contributed by atoms with van der Waals surface area (Å²) in [7, 11) is 1.70. The summed E-state index contributed by atoms with van der Waals surface area (Å²) in [5.74, 6) is -0.0539. The van der Waals surface area contributed by atoms with Gasteiger partial charge in [-0.25, -0.2) is 0 Å². The van der Waals surface area contributed by atoms with Crippen LogP contribution in [0.15, 0.2) is 27.5 Å². The van der Waals surface area contributed by atoms with E-state index in [1.807, 2.05) is 20.8 Å². The van der Waals surface area contributed by atoms with Crippen molar-refractivity contribution in [2.75, 3.05) is 13.6 Å². The zero-order valence-electron chi connectivity index (χ0n) is 27.3. The molecular weight excluding hydrogens is 546 g/mol. The molecule has 1 aromatic carbocycles. The van der Waals surface area contributed by atoms with Crippen molar-refractivity contribution in [3.8, 4) is 5.69 Å². The van der Waals surface area contributed by atoms with Crippen LogP contribution in [0, 0.1) is 10.1 Å². The van der Waals surface area contributed by atoms with Crippen molar-refractivity contribution in [3.63, 3.8) is 0 Å². The zero-order valence-corrected chi connectivity index (χ0v) is 27.3. The second-order valence-corrected chi connectivity index (χ2v) is 12.9. The summed E-state index contributed by atoms with van der Waals surface area (Å²) < 4.78 is 6.54. The van der Waals surface area contributed by atoms with Crippen LogP contribution in [-0.4, -0.2) is 39.2 Å². The molecule has 0 fully saturated rings. The normalized spacial score (nSPS) is 11.7. The van der Waals surface area contributed by atoms with Crippen LogP contribution >= 0.6 is 0 Å². The van der Waals surface area contributed by atoms with Gasteiger partial charge in [-0.15, -0.1) is 4.74 Å². The van der Waals surface area contributed by atoms with E-state index in [1.165, 1.54) is 102 Å². The molecule has 9 nitrogen and oxygen atoms in total. The SMILES string of the molecule is CCCCCCCCCCCCCCCCCCN(C)C(=O)c1ccc(-n2oc(C(C)(C)C)c(CO)c2=O)c([N+](=O)[O-])c1. The average Bonchev–Trinajstić information content (AvgIpc) is 3.32. The topological polar surface area (TPSA) is 119 Å². The van der Waals surface area contributed by atoms with Crippen molar-refractivity contribution in [2.45, 2.75) is 142 Å². The molecule has 0 aliphatic rings. The summed E-state index contributed by atoms with van der Waals surface area (Å²) in [6, 6.07) is 4.01. The monoisotopic (exact) mass is 601 g/mol. The van der Waals surface area contributed by atoms with Crippen LogP contribution in [0.5, 0.6) is 0 Å². The minimum Gasteiger partial charge on any atom is -0.391 e. The van der Waals surface area contributed by atoms with Crippen LogP contribution in [0.2, 0.25) is 0 Å². The number of nitrogens with zero attached hydrogens (tertiary/aromatic N) is 3. The maximum atomic E-state index is 13.0. The molecule has 2 aromatic rings. The first-order chi connectivity index (χ1) is 20.5. The summed E-state index contributed by atoms with van der Waals surface area (Å²) >= 11 is 0. The number of amides is 1. The van der Waals surface area contributed by atoms with Crippen molar-refractivity contribution >= 4 is 11.6 Å². The highest BCUT2D eigenvalue weighted by molar-refractivity contribution is 5.95. The Bertz CT molecular complexity index is 1190. The molecule has 9 heteroatoms. The Morgan fingerprint density at radius 2 is 1.40 bits per heavy atom. The Balaban J connectivity index is 1.77. The third kappa shape index (κ3) is 11.6. The highest BCUT2D eigenvalue weighted by Crippen LogP contribution is 2.29. The van der Waals surface area contributed by atoms with E-state index in [0.717, 1.165) is 24.0 Å². The minimum atomic E-state index is -0.657. The predicted octanol–water partition coefficient (Wildman–Crippen LogP) is 8.46. The van der Waals surface area contributed by atoms with Gasteiger partial charge in [0.25, 0.3) is 17.2 Å². The van der Waals surface area contributed by atoms with Gasteiger partial charge in [-0.05, 0) is 18.6 Å². The lowest BCUT2D eigenvalue weighted by Crippen LogP contribution is -2.28. The second-order valence-electron chi connectivity index (χ2n) is 12.9. The van der Waals surface area contributed by atoms with Gasteiger partial charge in [-0.3, -0.25) is 19.7 Å². The lowest BCUT2D eigenvalue weighted by atomic mass is 9.91. The van der Waals surface area contributed by atoms with Gasteiger partial charge in [-0.1, -0.05) is 124 Å². The fourth-order valence-electron chi connectivity index (χ4n) is 5.49. The number of nitro groups is 1. The van der Waals surface area contributed by atoms with E-state index in [0.29, 0.717) is 6.54 Å². The summed E-state index contributed by atoms with van der Waals surface area (Å²) in [6.07, 6.45) is 20.5. The Morgan fingerprint density at radius 3 is 1.81 bits per heavy atom. The van der Waals surface area contributed by atoms with Crippen LogP contribution in [0.3, 0.4) is 0 Å². The Morgan fingerprint density at radius 1 is 0.907 bits per heavy atom. The summed E-state index contributed by atoms with van der Waals surface area (Å²) in [5, 5.41) is 21.7. The molecule has 1 aromatic heterocycles. The molecule has 0 atom stereocenters. The molecule has 0 aliphatic carbocycles. The minimum absolute atomic E-state index is 0.0560. The predicted molar refractivity (Wildman–Crippen MR) is 172 cm³/mol. The molecule has 43 heavy (non-hydrogen) atoms. The van der Waals surface area contributed by atoms with E-state index < -0.39 is 28.2 Å². The van der Waals surface area contributed by atoms with Gasteiger partial charge >= 0.3 is 0 Å². The number of hydrogen-bond donors (Lipinski definition) is 1. The van der Waals surface area contributed by atoms with Crippen molar-refractivity contribution in [1.82, 2.24) is 9.64 Å². The Kier molecular flexibility index (Phi) is 15.7.